The molecule has 0 unspecified atom stereocenters. The second kappa shape index (κ2) is 3.70. The fourth-order valence-electron chi connectivity index (χ4n) is 1.44. The summed E-state index contributed by atoms with van der Waals surface area (Å²) in [5, 5.41) is 0. The second-order valence-corrected chi connectivity index (χ2v) is 3.37. The van der Waals surface area contributed by atoms with Crippen LogP contribution in [0.5, 0.6) is 5.75 Å². The average Bonchev–Trinajstić information content (AvgIpc) is 2.15. The van der Waals surface area contributed by atoms with Gasteiger partial charge in [0.25, 0.3) is 5.91 Å². The molecule has 1 aliphatic heterocycles. The number of hydrogen-bond donors (Lipinski definition) is 0. The number of carbonyl (C=O) groups excluding carboxylic acids is 1. The summed E-state index contributed by atoms with van der Waals surface area (Å²) in [6.07, 6.45) is 1.13. The zero-order valence-corrected chi connectivity index (χ0v) is 8.19. The van der Waals surface area contributed by atoms with Gasteiger partial charge in [0.05, 0.1) is 7.11 Å². The van der Waals surface area contributed by atoms with Gasteiger partial charge in [-0.05, 0) is 30.7 Å². The Morgan fingerprint density at radius 3 is 2.36 bits per heavy atom. The van der Waals surface area contributed by atoms with Crippen molar-refractivity contribution in [1.82, 2.24) is 4.90 Å². The van der Waals surface area contributed by atoms with Crippen LogP contribution < -0.4 is 4.74 Å². The molecule has 1 amide bonds. The molecule has 0 aromatic heterocycles. The van der Waals surface area contributed by atoms with Gasteiger partial charge in [-0.25, -0.2) is 0 Å². The van der Waals surface area contributed by atoms with E-state index in [9.17, 15) is 4.79 Å². The standard InChI is InChI=1S/C11H13NO2/c1-14-10-5-3-9(4-6-10)11(13)12-7-2-8-12/h3-6H,2,7-8H2,1H3. The minimum absolute atomic E-state index is 0.124. The fourth-order valence-corrected chi connectivity index (χ4v) is 1.44. The van der Waals surface area contributed by atoms with Crippen LogP contribution in [0.2, 0.25) is 0 Å². The molecule has 0 saturated carbocycles. The molecule has 0 radical (unpaired) electrons. The van der Waals surface area contributed by atoms with Gasteiger partial charge in [0.2, 0.25) is 0 Å². The van der Waals surface area contributed by atoms with E-state index in [-0.39, 0.29) is 5.91 Å². The van der Waals surface area contributed by atoms with Gasteiger partial charge in [0, 0.05) is 18.7 Å². The van der Waals surface area contributed by atoms with Crippen molar-refractivity contribution in [2.45, 2.75) is 6.42 Å². The van der Waals surface area contributed by atoms with Gasteiger partial charge in [0.1, 0.15) is 5.75 Å². The van der Waals surface area contributed by atoms with Gasteiger partial charge in [-0.3, -0.25) is 4.79 Å². The number of rotatable bonds is 2. The molecule has 1 aliphatic rings. The molecule has 3 heteroatoms. The molecule has 3 nitrogen and oxygen atoms in total. The third-order valence-electron chi connectivity index (χ3n) is 2.48. The van der Waals surface area contributed by atoms with E-state index in [1.165, 1.54) is 0 Å². The van der Waals surface area contributed by atoms with Crippen LogP contribution in [-0.2, 0) is 0 Å². The SMILES string of the molecule is COc1ccc(C(=O)N2CCC2)cc1. The summed E-state index contributed by atoms with van der Waals surface area (Å²) < 4.78 is 5.02. The minimum atomic E-state index is 0.124. The van der Waals surface area contributed by atoms with Crippen LogP contribution in [0.15, 0.2) is 24.3 Å². The van der Waals surface area contributed by atoms with Crippen LogP contribution in [0.4, 0.5) is 0 Å². The Kier molecular flexibility index (Phi) is 2.39. The van der Waals surface area contributed by atoms with E-state index in [2.05, 4.69) is 0 Å². The zero-order valence-electron chi connectivity index (χ0n) is 8.19. The van der Waals surface area contributed by atoms with E-state index in [0.717, 1.165) is 30.8 Å². The molecule has 1 aromatic rings. The molecule has 0 N–H and O–H groups in total. The summed E-state index contributed by atoms with van der Waals surface area (Å²) in [6, 6.07) is 7.24. The summed E-state index contributed by atoms with van der Waals surface area (Å²) >= 11 is 0. The topological polar surface area (TPSA) is 29.5 Å². The first kappa shape index (κ1) is 9.06. The first-order chi connectivity index (χ1) is 6.81. The highest BCUT2D eigenvalue weighted by Crippen LogP contribution is 2.15. The lowest BCUT2D eigenvalue weighted by molar-refractivity contribution is 0.0652. The van der Waals surface area contributed by atoms with E-state index in [4.69, 9.17) is 4.74 Å². The van der Waals surface area contributed by atoms with Crippen LogP contribution >= 0.6 is 0 Å². The molecule has 1 aromatic carbocycles. The average molecular weight is 191 g/mol. The van der Waals surface area contributed by atoms with E-state index in [0.29, 0.717) is 0 Å². The van der Waals surface area contributed by atoms with Crippen molar-refractivity contribution in [3.8, 4) is 5.75 Å². The maximum atomic E-state index is 11.7. The number of likely N-dealkylation sites (tertiary alicyclic amines) is 1. The number of hydrogen-bond acceptors (Lipinski definition) is 2. The van der Waals surface area contributed by atoms with Gasteiger partial charge in [-0.15, -0.1) is 0 Å². The fraction of sp³-hybridized carbons (Fsp3) is 0.364. The largest absolute Gasteiger partial charge is 0.497 e. The van der Waals surface area contributed by atoms with Crippen LogP contribution in [0.1, 0.15) is 16.8 Å². The smallest absolute Gasteiger partial charge is 0.253 e. The van der Waals surface area contributed by atoms with Crippen LogP contribution in [-0.4, -0.2) is 31.0 Å². The Morgan fingerprint density at radius 1 is 1.29 bits per heavy atom. The monoisotopic (exact) mass is 191 g/mol. The maximum Gasteiger partial charge on any atom is 0.253 e. The Bertz CT molecular complexity index is 328. The molecule has 14 heavy (non-hydrogen) atoms. The quantitative estimate of drug-likeness (QED) is 0.709. The number of methoxy groups -OCH3 is 1. The van der Waals surface area contributed by atoms with Crippen molar-refractivity contribution >= 4 is 5.91 Å². The van der Waals surface area contributed by atoms with Gasteiger partial charge in [-0.1, -0.05) is 0 Å². The van der Waals surface area contributed by atoms with Crippen molar-refractivity contribution in [3.05, 3.63) is 29.8 Å². The van der Waals surface area contributed by atoms with E-state index >= 15 is 0 Å². The molecule has 0 bridgehead atoms. The van der Waals surface area contributed by atoms with Crippen molar-refractivity contribution in [3.63, 3.8) is 0 Å². The highest BCUT2D eigenvalue weighted by atomic mass is 16.5. The van der Waals surface area contributed by atoms with Gasteiger partial charge >= 0.3 is 0 Å². The molecular formula is C11H13NO2. The van der Waals surface area contributed by atoms with Gasteiger partial charge < -0.3 is 9.64 Å². The van der Waals surface area contributed by atoms with Crippen molar-refractivity contribution in [1.29, 1.82) is 0 Å². The predicted molar refractivity (Wildman–Crippen MR) is 53.5 cm³/mol. The molecule has 1 fully saturated rings. The highest BCUT2D eigenvalue weighted by molar-refractivity contribution is 5.94. The van der Waals surface area contributed by atoms with Crippen molar-refractivity contribution in [2.75, 3.05) is 20.2 Å². The zero-order chi connectivity index (χ0) is 9.97. The third-order valence-corrected chi connectivity index (χ3v) is 2.48. The molecule has 0 spiro atoms. The Labute approximate surface area is 83.3 Å². The molecule has 2 rings (SSSR count). The van der Waals surface area contributed by atoms with E-state index in [1.807, 2.05) is 17.0 Å². The lowest BCUT2D eigenvalue weighted by Crippen LogP contribution is -2.41. The lowest BCUT2D eigenvalue weighted by atomic mass is 10.1. The van der Waals surface area contributed by atoms with Crippen LogP contribution in [0.25, 0.3) is 0 Å². The Hall–Kier alpha value is -1.51. The first-order valence-electron chi connectivity index (χ1n) is 4.74. The normalized spacial score (nSPS) is 14.8. The molecule has 1 saturated heterocycles. The minimum Gasteiger partial charge on any atom is -0.497 e. The van der Waals surface area contributed by atoms with E-state index < -0.39 is 0 Å². The van der Waals surface area contributed by atoms with Crippen LogP contribution in [0, 0.1) is 0 Å². The summed E-state index contributed by atoms with van der Waals surface area (Å²) in [6.45, 7) is 1.79. The third kappa shape index (κ3) is 1.58. The van der Waals surface area contributed by atoms with Crippen molar-refractivity contribution < 1.29 is 9.53 Å². The van der Waals surface area contributed by atoms with Crippen molar-refractivity contribution in [2.24, 2.45) is 0 Å². The van der Waals surface area contributed by atoms with E-state index in [1.54, 1.807) is 19.2 Å². The summed E-state index contributed by atoms with van der Waals surface area (Å²) in [5.41, 5.74) is 0.741. The Morgan fingerprint density at radius 2 is 1.93 bits per heavy atom. The lowest BCUT2D eigenvalue weighted by Gasteiger charge is -2.30. The molecule has 0 aliphatic carbocycles. The number of amides is 1. The number of carbonyl (C=O) groups is 1. The predicted octanol–water partition coefficient (Wildman–Crippen LogP) is 1.54. The highest BCUT2D eigenvalue weighted by Gasteiger charge is 2.21. The summed E-state index contributed by atoms with van der Waals surface area (Å²) in [7, 11) is 1.62. The van der Waals surface area contributed by atoms with Crippen LogP contribution in [0.3, 0.4) is 0 Å². The first-order valence-corrected chi connectivity index (χ1v) is 4.74. The molecular weight excluding hydrogens is 178 g/mol. The number of ether oxygens (including phenoxy) is 1. The summed E-state index contributed by atoms with van der Waals surface area (Å²) in [5.74, 6) is 0.907. The second-order valence-electron chi connectivity index (χ2n) is 3.37. The molecule has 1 heterocycles. The Balaban J connectivity index is 2.11. The molecule has 0 atom stereocenters. The van der Waals surface area contributed by atoms with Gasteiger partial charge in [-0.2, -0.15) is 0 Å². The maximum absolute atomic E-state index is 11.7. The number of nitrogens with zero attached hydrogens (tertiary/aromatic N) is 1. The number of benzene rings is 1. The molecule has 74 valence electrons. The van der Waals surface area contributed by atoms with Gasteiger partial charge in [0.15, 0.2) is 0 Å². The summed E-state index contributed by atoms with van der Waals surface area (Å²) in [4.78, 5) is 13.6.